The number of unbranched alkanes of at least 4 members (excludes halogenated alkanes) is 1. The van der Waals surface area contributed by atoms with Crippen LogP contribution in [0.15, 0.2) is 48.5 Å². The molecule has 0 aliphatic rings. The number of hydrogen-bond acceptors (Lipinski definition) is 5. The molecule has 0 spiro atoms. The van der Waals surface area contributed by atoms with Crippen molar-refractivity contribution < 1.29 is 22.7 Å². The van der Waals surface area contributed by atoms with E-state index < -0.39 is 16.1 Å². The zero-order valence-electron chi connectivity index (χ0n) is 22.7. The summed E-state index contributed by atoms with van der Waals surface area (Å²) in [4.78, 5) is 28.1. The predicted molar refractivity (Wildman–Crippen MR) is 148 cm³/mol. The highest BCUT2D eigenvalue weighted by atomic mass is 32.2. The number of anilines is 1. The van der Waals surface area contributed by atoms with Gasteiger partial charge in [0.15, 0.2) is 0 Å². The van der Waals surface area contributed by atoms with E-state index in [0.717, 1.165) is 24.0 Å². The maximum absolute atomic E-state index is 13.5. The number of benzene rings is 2. The van der Waals surface area contributed by atoms with Gasteiger partial charge in [-0.05, 0) is 61.6 Å². The smallest absolute Gasteiger partial charge is 0.242 e. The van der Waals surface area contributed by atoms with Crippen LogP contribution in [0.5, 0.6) is 5.75 Å². The summed E-state index contributed by atoms with van der Waals surface area (Å²) in [7, 11) is -1.93. The first-order valence-corrected chi connectivity index (χ1v) is 14.7. The summed E-state index contributed by atoms with van der Waals surface area (Å²) in [6, 6.07) is 14.1. The number of ether oxygens (including phenoxy) is 1. The molecule has 0 aliphatic heterocycles. The minimum absolute atomic E-state index is 0.118. The number of nitrogens with zero attached hydrogens (tertiary/aromatic N) is 2. The summed E-state index contributed by atoms with van der Waals surface area (Å²) >= 11 is 0. The summed E-state index contributed by atoms with van der Waals surface area (Å²) in [6.45, 7) is 6.86. The molecule has 2 aromatic rings. The number of aryl methyl sites for hydroxylation is 1. The lowest BCUT2D eigenvalue weighted by atomic mass is 10.1. The van der Waals surface area contributed by atoms with Crippen LogP contribution in [0, 0.1) is 6.92 Å². The number of methoxy groups -OCH3 is 1. The molecule has 9 heteroatoms. The van der Waals surface area contributed by atoms with E-state index >= 15 is 0 Å². The third-order valence-corrected chi connectivity index (χ3v) is 7.36. The molecule has 2 amide bonds. The molecule has 204 valence electrons. The van der Waals surface area contributed by atoms with Crippen LogP contribution >= 0.6 is 0 Å². The fourth-order valence-electron chi connectivity index (χ4n) is 4.14. The Morgan fingerprint density at radius 1 is 1.05 bits per heavy atom. The molecule has 0 aromatic heterocycles. The van der Waals surface area contributed by atoms with Gasteiger partial charge in [-0.1, -0.05) is 44.5 Å². The van der Waals surface area contributed by atoms with Crippen molar-refractivity contribution in [1.29, 1.82) is 0 Å². The van der Waals surface area contributed by atoms with Gasteiger partial charge in [0.25, 0.3) is 0 Å². The van der Waals surface area contributed by atoms with Gasteiger partial charge >= 0.3 is 0 Å². The molecule has 37 heavy (non-hydrogen) atoms. The number of carbonyl (C=O) groups excluding carboxylic acids is 2. The first-order chi connectivity index (χ1) is 17.6. The molecule has 2 aromatic carbocycles. The van der Waals surface area contributed by atoms with E-state index in [0.29, 0.717) is 30.8 Å². The number of carbonyl (C=O) groups is 2. The maximum Gasteiger partial charge on any atom is 0.242 e. The van der Waals surface area contributed by atoms with Crippen molar-refractivity contribution in [1.82, 2.24) is 10.2 Å². The van der Waals surface area contributed by atoms with Crippen molar-refractivity contribution >= 4 is 27.5 Å². The summed E-state index contributed by atoms with van der Waals surface area (Å²) < 4.78 is 31.5. The number of sulfonamides is 1. The van der Waals surface area contributed by atoms with Crippen LogP contribution in [0.3, 0.4) is 0 Å². The van der Waals surface area contributed by atoms with Crippen LogP contribution in [0.25, 0.3) is 0 Å². The summed E-state index contributed by atoms with van der Waals surface area (Å²) in [5, 5.41) is 2.95. The Kier molecular flexibility index (Phi) is 11.9. The Morgan fingerprint density at radius 3 is 2.32 bits per heavy atom. The van der Waals surface area contributed by atoms with Gasteiger partial charge in [-0.15, -0.1) is 0 Å². The van der Waals surface area contributed by atoms with Gasteiger partial charge in [0.1, 0.15) is 11.8 Å². The topological polar surface area (TPSA) is 96.0 Å². The van der Waals surface area contributed by atoms with Crippen molar-refractivity contribution in [2.45, 2.75) is 65.5 Å². The lowest BCUT2D eigenvalue weighted by Gasteiger charge is -2.31. The molecule has 0 bridgehead atoms. The second-order valence-electron chi connectivity index (χ2n) is 9.22. The number of rotatable bonds is 15. The molecule has 0 heterocycles. The van der Waals surface area contributed by atoms with Gasteiger partial charge in [0.05, 0.1) is 19.1 Å². The molecule has 1 atom stereocenters. The van der Waals surface area contributed by atoms with Crippen LogP contribution in [0.4, 0.5) is 5.69 Å². The largest absolute Gasteiger partial charge is 0.497 e. The van der Waals surface area contributed by atoms with E-state index in [1.54, 1.807) is 18.1 Å². The molecular weight excluding hydrogens is 490 g/mol. The van der Waals surface area contributed by atoms with E-state index in [-0.39, 0.29) is 31.3 Å². The van der Waals surface area contributed by atoms with E-state index in [9.17, 15) is 18.0 Å². The molecule has 0 aliphatic carbocycles. The number of amides is 2. The summed E-state index contributed by atoms with van der Waals surface area (Å²) in [5.41, 5.74) is 2.41. The molecule has 1 N–H and O–H groups in total. The van der Waals surface area contributed by atoms with Crippen molar-refractivity contribution in [2.75, 3.05) is 30.8 Å². The molecule has 2 rings (SSSR count). The highest BCUT2D eigenvalue weighted by molar-refractivity contribution is 7.92. The lowest BCUT2D eigenvalue weighted by Crippen LogP contribution is -2.49. The van der Waals surface area contributed by atoms with Crippen molar-refractivity contribution in [2.24, 2.45) is 0 Å². The third-order valence-electron chi connectivity index (χ3n) is 6.17. The summed E-state index contributed by atoms with van der Waals surface area (Å²) in [6.07, 6.45) is 3.91. The first-order valence-electron chi connectivity index (χ1n) is 12.8. The number of hydrogen-bond donors (Lipinski definition) is 1. The zero-order chi connectivity index (χ0) is 27.4. The SMILES string of the molecule is CCCCNC(=O)[C@H](CC)N(Cc1ccc(OC)cc1)C(=O)CCCN(c1cccc(C)c1)S(C)(=O)=O. The van der Waals surface area contributed by atoms with Crippen LogP contribution in [-0.4, -0.2) is 57.6 Å². The third kappa shape index (κ3) is 9.39. The van der Waals surface area contributed by atoms with Crippen LogP contribution in [-0.2, 0) is 26.2 Å². The Morgan fingerprint density at radius 2 is 1.76 bits per heavy atom. The molecule has 0 saturated heterocycles. The molecule has 0 radical (unpaired) electrons. The predicted octanol–water partition coefficient (Wildman–Crippen LogP) is 4.27. The first kappa shape index (κ1) is 30.2. The minimum atomic E-state index is -3.52. The van der Waals surface area contributed by atoms with Crippen molar-refractivity contribution in [3.05, 3.63) is 59.7 Å². The minimum Gasteiger partial charge on any atom is -0.497 e. The Bertz CT molecular complexity index is 1120. The highest BCUT2D eigenvalue weighted by Crippen LogP contribution is 2.21. The van der Waals surface area contributed by atoms with Gasteiger partial charge < -0.3 is 15.0 Å². The second-order valence-corrected chi connectivity index (χ2v) is 11.1. The standard InChI is InChI=1S/C28H41N3O5S/c1-6-8-18-29-28(33)26(7-2)30(21-23-14-16-25(36-4)17-15-23)27(32)13-10-19-31(37(5,34)35)24-12-9-11-22(3)20-24/h9,11-12,14-17,20,26H,6-8,10,13,18-19,21H2,1-5H3,(H,29,33)/t26-/m0/s1. The number of nitrogens with one attached hydrogen (secondary N) is 1. The van der Waals surface area contributed by atoms with Gasteiger partial charge in [0, 0.05) is 26.1 Å². The average molecular weight is 532 g/mol. The quantitative estimate of drug-likeness (QED) is 0.346. The van der Waals surface area contributed by atoms with Gasteiger partial charge in [-0.3, -0.25) is 13.9 Å². The monoisotopic (exact) mass is 531 g/mol. The molecular formula is C28H41N3O5S. The Labute approximate surface area is 222 Å². The zero-order valence-corrected chi connectivity index (χ0v) is 23.5. The molecule has 0 saturated carbocycles. The van der Waals surface area contributed by atoms with E-state index in [1.165, 1.54) is 10.6 Å². The van der Waals surface area contributed by atoms with Gasteiger partial charge in [-0.2, -0.15) is 0 Å². The molecule has 0 unspecified atom stereocenters. The van der Waals surface area contributed by atoms with Gasteiger partial charge in [0.2, 0.25) is 21.8 Å². The Balaban J connectivity index is 2.20. The van der Waals surface area contributed by atoms with Crippen LogP contribution < -0.4 is 14.4 Å². The summed E-state index contributed by atoms with van der Waals surface area (Å²) in [5.74, 6) is 0.351. The van der Waals surface area contributed by atoms with Crippen molar-refractivity contribution in [3.8, 4) is 5.75 Å². The van der Waals surface area contributed by atoms with E-state index in [4.69, 9.17) is 4.74 Å². The van der Waals surface area contributed by atoms with Crippen molar-refractivity contribution in [3.63, 3.8) is 0 Å². The molecule has 8 nitrogen and oxygen atoms in total. The average Bonchev–Trinajstić information content (AvgIpc) is 2.86. The lowest BCUT2D eigenvalue weighted by molar-refractivity contribution is -0.141. The van der Waals surface area contributed by atoms with E-state index in [2.05, 4.69) is 12.2 Å². The van der Waals surface area contributed by atoms with E-state index in [1.807, 2.05) is 56.3 Å². The molecule has 0 fully saturated rings. The highest BCUT2D eigenvalue weighted by Gasteiger charge is 2.28. The Hall–Kier alpha value is -3.07. The fraction of sp³-hybridized carbons (Fsp3) is 0.500. The normalized spacial score (nSPS) is 12.0. The second kappa shape index (κ2) is 14.6. The van der Waals surface area contributed by atoms with Crippen LogP contribution in [0.1, 0.15) is 57.1 Å². The maximum atomic E-state index is 13.5. The van der Waals surface area contributed by atoms with Gasteiger partial charge in [-0.25, -0.2) is 8.42 Å². The fourth-order valence-corrected chi connectivity index (χ4v) is 5.10. The van der Waals surface area contributed by atoms with Crippen LogP contribution in [0.2, 0.25) is 0 Å².